The first-order valence-corrected chi connectivity index (χ1v) is 10.3. The number of hydrogen-bond donors (Lipinski definition) is 1. The summed E-state index contributed by atoms with van der Waals surface area (Å²) in [5.74, 6) is -0.965. The standard InChI is InChI=1S/C20H18F3NO5S/c1-29-17-6-2-3-7-18(17)30(27,28)24-15(5-4-8-19(25)26)12-13-11-14(20(21,22)23)9-10-16(13)24/h2-3,6-7,9-12H,4-5,8H2,1H3,(H,25,26). The number of fused-ring (bicyclic) bond motifs is 1. The largest absolute Gasteiger partial charge is 0.495 e. The molecule has 160 valence electrons. The zero-order chi connectivity index (χ0) is 22.1. The van der Waals surface area contributed by atoms with E-state index in [4.69, 9.17) is 9.84 Å². The third-order valence-electron chi connectivity index (χ3n) is 4.57. The third kappa shape index (κ3) is 4.13. The highest BCUT2D eigenvalue weighted by molar-refractivity contribution is 7.90. The van der Waals surface area contributed by atoms with Crippen LogP contribution in [-0.2, 0) is 27.4 Å². The molecule has 0 amide bonds. The average Bonchev–Trinajstić information content (AvgIpc) is 3.05. The maximum atomic E-state index is 13.4. The van der Waals surface area contributed by atoms with Gasteiger partial charge in [-0.15, -0.1) is 0 Å². The quantitative estimate of drug-likeness (QED) is 0.591. The summed E-state index contributed by atoms with van der Waals surface area (Å²) in [7, 11) is -2.92. The molecule has 3 rings (SSSR count). The lowest BCUT2D eigenvalue weighted by atomic mass is 10.1. The summed E-state index contributed by atoms with van der Waals surface area (Å²) in [6.07, 6.45) is -4.61. The molecule has 6 nitrogen and oxygen atoms in total. The number of ether oxygens (including phenoxy) is 1. The molecule has 1 N–H and O–H groups in total. The Balaban J connectivity index is 2.23. The molecule has 3 aromatic rings. The van der Waals surface area contributed by atoms with Gasteiger partial charge >= 0.3 is 12.1 Å². The van der Waals surface area contributed by atoms with Crippen molar-refractivity contribution in [2.75, 3.05) is 7.11 Å². The van der Waals surface area contributed by atoms with Crippen molar-refractivity contribution < 1.29 is 36.2 Å². The first-order valence-electron chi connectivity index (χ1n) is 8.87. The summed E-state index contributed by atoms with van der Waals surface area (Å²) >= 11 is 0. The number of aromatic nitrogens is 1. The highest BCUT2D eigenvalue weighted by Gasteiger charge is 2.32. The number of aliphatic carboxylic acids is 1. The summed E-state index contributed by atoms with van der Waals surface area (Å²) in [4.78, 5) is 10.7. The van der Waals surface area contributed by atoms with E-state index in [1.165, 1.54) is 31.4 Å². The Morgan fingerprint density at radius 3 is 2.47 bits per heavy atom. The van der Waals surface area contributed by atoms with Crippen LogP contribution in [-0.4, -0.2) is 30.6 Å². The summed E-state index contributed by atoms with van der Waals surface area (Å²) < 4.78 is 72.3. The van der Waals surface area contributed by atoms with Gasteiger partial charge in [0.15, 0.2) is 0 Å². The summed E-state index contributed by atoms with van der Waals surface area (Å²) in [6, 6.07) is 10.0. The van der Waals surface area contributed by atoms with Crippen LogP contribution in [0.4, 0.5) is 13.2 Å². The lowest BCUT2D eigenvalue weighted by molar-refractivity contribution is -0.138. The van der Waals surface area contributed by atoms with Crippen molar-refractivity contribution in [3.63, 3.8) is 0 Å². The number of carbonyl (C=O) groups is 1. The van der Waals surface area contributed by atoms with E-state index in [-0.39, 0.29) is 46.5 Å². The highest BCUT2D eigenvalue weighted by Crippen LogP contribution is 2.35. The summed E-state index contributed by atoms with van der Waals surface area (Å²) in [6.45, 7) is 0. The molecular formula is C20H18F3NO5S. The van der Waals surface area contributed by atoms with Gasteiger partial charge in [-0.1, -0.05) is 12.1 Å². The number of para-hydroxylation sites is 1. The molecule has 0 spiro atoms. The maximum absolute atomic E-state index is 13.4. The van der Waals surface area contributed by atoms with Gasteiger partial charge in [0.25, 0.3) is 10.0 Å². The fraction of sp³-hybridized carbons (Fsp3) is 0.250. The van der Waals surface area contributed by atoms with E-state index in [0.717, 1.165) is 22.2 Å². The second-order valence-corrected chi connectivity index (χ2v) is 8.33. The molecule has 30 heavy (non-hydrogen) atoms. The Morgan fingerprint density at radius 2 is 1.83 bits per heavy atom. The number of halogens is 3. The Bertz CT molecular complexity index is 1200. The molecule has 0 aliphatic carbocycles. The molecule has 0 aliphatic rings. The van der Waals surface area contributed by atoms with Crippen LogP contribution in [0.5, 0.6) is 5.75 Å². The van der Waals surface area contributed by atoms with Crippen molar-refractivity contribution in [2.45, 2.75) is 30.3 Å². The molecule has 0 fully saturated rings. The van der Waals surface area contributed by atoms with E-state index < -0.39 is 27.7 Å². The molecule has 10 heteroatoms. The Morgan fingerprint density at radius 1 is 1.13 bits per heavy atom. The number of carboxylic acid groups (broad SMARTS) is 1. The summed E-state index contributed by atoms with van der Waals surface area (Å²) in [5, 5.41) is 8.96. The fourth-order valence-electron chi connectivity index (χ4n) is 3.23. The van der Waals surface area contributed by atoms with Gasteiger partial charge in [-0.25, -0.2) is 12.4 Å². The van der Waals surface area contributed by atoms with Gasteiger partial charge in [0.2, 0.25) is 0 Å². The van der Waals surface area contributed by atoms with Crippen LogP contribution in [0.2, 0.25) is 0 Å². The van der Waals surface area contributed by atoms with Gasteiger partial charge in [0, 0.05) is 17.5 Å². The van der Waals surface area contributed by atoms with Gasteiger partial charge in [0.1, 0.15) is 10.6 Å². The van der Waals surface area contributed by atoms with Crippen molar-refractivity contribution in [3.05, 3.63) is 59.8 Å². The molecule has 0 aliphatic heterocycles. The zero-order valence-corrected chi connectivity index (χ0v) is 16.6. The van der Waals surface area contributed by atoms with E-state index in [9.17, 15) is 26.4 Å². The minimum absolute atomic E-state index is 0.0523. The number of carboxylic acids is 1. The van der Waals surface area contributed by atoms with E-state index >= 15 is 0 Å². The number of benzene rings is 2. The molecule has 2 aromatic carbocycles. The van der Waals surface area contributed by atoms with E-state index in [1.807, 2.05) is 0 Å². The molecule has 0 bridgehead atoms. The Labute approximate surface area is 170 Å². The third-order valence-corrected chi connectivity index (χ3v) is 6.37. The molecule has 0 atom stereocenters. The van der Waals surface area contributed by atoms with Gasteiger partial charge in [-0.3, -0.25) is 4.79 Å². The van der Waals surface area contributed by atoms with Gasteiger partial charge in [-0.2, -0.15) is 13.2 Å². The Kier molecular flexibility index (Phi) is 5.80. The molecule has 0 radical (unpaired) electrons. The minimum Gasteiger partial charge on any atom is -0.495 e. The molecule has 1 heterocycles. The van der Waals surface area contributed by atoms with Crippen molar-refractivity contribution in [3.8, 4) is 5.75 Å². The number of rotatable bonds is 7. The topological polar surface area (TPSA) is 85.6 Å². The van der Waals surface area contributed by atoms with Crippen LogP contribution in [0.15, 0.2) is 53.4 Å². The number of hydrogen-bond acceptors (Lipinski definition) is 4. The van der Waals surface area contributed by atoms with Crippen LogP contribution in [0.3, 0.4) is 0 Å². The summed E-state index contributed by atoms with van der Waals surface area (Å²) in [5.41, 5.74) is -0.644. The van der Waals surface area contributed by atoms with Crippen molar-refractivity contribution >= 4 is 26.9 Å². The van der Waals surface area contributed by atoms with E-state index in [0.29, 0.717) is 0 Å². The van der Waals surface area contributed by atoms with Gasteiger partial charge < -0.3 is 9.84 Å². The maximum Gasteiger partial charge on any atom is 0.416 e. The normalized spacial score (nSPS) is 12.3. The molecule has 0 unspecified atom stereocenters. The van der Waals surface area contributed by atoms with E-state index in [1.54, 1.807) is 6.07 Å². The predicted molar refractivity (Wildman–Crippen MR) is 103 cm³/mol. The molecule has 0 saturated heterocycles. The lowest BCUT2D eigenvalue weighted by Crippen LogP contribution is -2.17. The second kappa shape index (κ2) is 8.02. The number of methoxy groups -OCH3 is 1. The second-order valence-electron chi connectivity index (χ2n) is 6.57. The lowest BCUT2D eigenvalue weighted by Gasteiger charge is -2.14. The fourth-order valence-corrected chi connectivity index (χ4v) is 4.96. The van der Waals surface area contributed by atoms with Gasteiger partial charge in [0.05, 0.1) is 18.2 Å². The van der Waals surface area contributed by atoms with Gasteiger partial charge in [-0.05, 0) is 49.2 Å². The number of aryl methyl sites for hydroxylation is 1. The monoisotopic (exact) mass is 441 g/mol. The van der Waals surface area contributed by atoms with Crippen LogP contribution in [0.1, 0.15) is 24.1 Å². The SMILES string of the molecule is COc1ccccc1S(=O)(=O)n1c(CCCC(=O)O)cc2cc(C(F)(F)F)ccc21. The van der Waals surface area contributed by atoms with Crippen LogP contribution in [0.25, 0.3) is 10.9 Å². The molecule has 1 aromatic heterocycles. The average molecular weight is 441 g/mol. The first kappa shape index (κ1) is 21.7. The van der Waals surface area contributed by atoms with Crippen LogP contribution < -0.4 is 4.74 Å². The van der Waals surface area contributed by atoms with Crippen LogP contribution in [0, 0.1) is 0 Å². The number of alkyl halides is 3. The smallest absolute Gasteiger partial charge is 0.416 e. The van der Waals surface area contributed by atoms with Crippen molar-refractivity contribution in [1.29, 1.82) is 0 Å². The Hall–Kier alpha value is -3.01. The van der Waals surface area contributed by atoms with Crippen molar-refractivity contribution in [2.24, 2.45) is 0 Å². The van der Waals surface area contributed by atoms with Crippen molar-refractivity contribution in [1.82, 2.24) is 3.97 Å². The highest BCUT2D eigenvalue weighted by atomic mass is 32.2. The zero-order valence-electron chi connectivity index (χ0n) is 15.8. The van der Waals surface area contributed by atoms with Crippen LogP contribution >= 0.6 is 0 Å². The first-order chi connectivity index (χ1) is 14.1. The molecule has 0 saturated carbocycles. The predicted octanol–water partition coefficient (Wildman–Crippen LogP) is 4.31. The number of nitrogens with zero attached hydrogens (tertiary/aromatic N) is 1. The minimum atomic E-state index is -4.58. The van der Waals surface area contributed by atoms with E-state index in [2.05, 4.69) is 0 Å². The molecular weight excluding hydrogens is 423 g/mol.